The number of rotatable bonds is 2. The quantitative estimate of drug-likeness (QED) is 0.482. The summed E-state index contributed by atoms with van der Waals surface area (Å²) in [5.41, 5.74) is 5.37. The molecule has 0 aromatic carbocycles. The molecule has 1 amide bonds. The number of carbonyl (C=O) groups is 1. The largest absolute Gasteiger partial charge is 0.382 e. The average molecular weight is 198 g/mol. The van der Waals surface area contributed by atoms with Crippen LogP contribution in [0.5, 0.6) is 0 Å². The van der Waals surface area contributed by atoms with Crippen LogP contribution in [-0.2, 0) is 4.79 Å². The second-order valence-electron chi connectivity index (χ2n) is 3.89. The molecule has 0 unspecified atom stereocenters. The molecular formula is C9H18N4O. The predicted octanol–water partition coefficient (Wildman–Crippen LogP) is -0.0411. The van der Waals surface area contributed by atoms with Gasteiger partial charge in [-0.2, -0.15) is 0 Å². The lowest BCUT2D eigenvalue weighted by atomic mass is 10.1. The fourth-order valence-electron chi connectivity index (χ4n) is 0.838. The van der Waals surface area contributed by atoms with Crippen LogP contribution in [0.3, 0.4) is 0 Å². The molecule has 0 saturated carbocycles. The number of carbonyl (C=O) groups excluding carboxylic acids is 1. The normalized spacial score (nSPS) is 14.1. The molecule has 0 heterocycles. The summed E-state index contributed by atoms with van der Waals surface area (Å²) >= 11 is 0. The third-order valence-electron chi connectivity index (χ3n) is 1.41. The summed E-state index contributed by atoms with van der Waals surface area (Å²) in [6, 6.07) is 0. The fraction of sp³-hybridized carbons (Fsp3) is 0.667. The van der Waals surface area contributed by atoms with Crippen molar-refractivity contribution < 1.29 is 4.79 Å². The zero-order chi connectivity index (χ0) is 11.4. The summed E-state index contributed by atoms with van der Waals surface area (Å²) in [7, 11) is 3.03. The van der Waals surface area contributed by atoms with Gasteiger partial charge in [0, 0.05) is 19.6 Å². The van der Waals surface area contributed by atoms with Gasteiger partial charge >= 0.3 is 0 Å². The molecule has 5 nitrogen and oxygen atoms in total. The number of nitrogens with two attached hydrogens (primary N) is 1. The van der Waals surface area contributed by atoms with Crippen LogP contribution in [-0.4, -0.2) is 37.1 Å². The number of nitrogens with one attached hydrogen (secondary N) is 1. The summed E-state index contributed by atoms with van der Waals surface area (Å²) in [5.74, 6) is -0.155. The van der Waals surface area contributed by atoms with E-state index in [1.807, 2.05) is 20.8 Å². The molecular weight excluding hydrogens is 180 g/mol. The molecule has 0 aliphatic heterocycles. The zero-order valence-electron chi connectivity index (χ0n) is 9.38. The molecule has 0 saturated heterocycles. The standard InChI is InChI=1S/C9H18N4O/c1-9(2,3)13-8(14)6(11-4)7(10)12-5/h1-5H3,(H2,10,12)(H,13,14). The summed E-state index contributed by atoms with van der Waals surface area (Å²) < 4.78 is 0. The number of amidine groups is 1. The highest BCUT2D eigenvalue weighted by Crippen LogP contribution is 1.98. The molecule has 0 bridgehead atoms. The Kier molecular flexibility index (Phi) is 4.27. The van der Waals surface area contributed by atoms with Gasteiger partial charge in [-0.25, -0.2) is 0 Å². The third kappa shape index (κ3) is 4.02. The highest BCUT2D eigenvalue weighted by Gasteiger charge is 2.20. The number of aliphatic imine (C=N–C) groups is 2. The summed E-state index contributed by atoms with van der Waals surface area (Å²) in [5, 5.41) is 2.75. The Hall–Kier alpha value is -1.39. The smallest absolute Gasteiger partial charge is 0.273 e. The van der Waals surface area contributed by atoms with E-state index in [1.165, 1.54) is 14.1 Å². The van der Waals surface area contributed by atoms with Crippen molar-refractivity contribution in [2.45, 2.75) is 26.3 Å². The molecule has 80 valence electrons. The molecule has 0 aromatic heterocycles. The van der Waals surface area contributed by atoms with Gasteiger partial charge in [-0.05, 0) is 20.8 Å². The Labute approximate surface area is 84.5 Å². The van der Waals surface area contributed by atoms with Crippen LogP contribution < -0.4 is 11.1 Å². The van der Waals surface area contributed by atoms with Gasteiger partial charge in [0.2, 0.25) is 0 Å². The lowest BCUT2D eigenvalue weighted by molar-refractivity contribution is -0.115. The number of hydrogen-bond donors (Lipinski definition) is 2. The van der Waals surface area contributed by atoms with Gasteiger partial charge in [0.15, 0.2) is 5.71 Å². The Morgan fingerprint density at radius 2 is 1.71 bits per heavy atom. The molecule has 0 rings (SSSR count). The van der Waals surface area contributed by atoms with Crippen LogP contribution in [0.2, 0.25) is 0 Å². The highest BCUT2D eigenvalue weighted by molar-refractivity contribution is 6.66. The Balaban J connectivity index is 4.68. The second-order valence-corrected chi connectivity index (χ2v) is 3.89. The minimum Gasteiger partial charge on any atom is -0.382 e. The number of amides is 1. The van der Waals surface area contributed by atoms with Crippen molar-refractivity contribution in [1.82, 2.24) is 5.32 Å². The molecule has 0 spiro atoms. The second kappa shape index (κ2) is 4.74. The van der Waals surface area contributed by atoms with Crippen LogP contribution in [0.4, 0.5) is 0 Å². The topological polar surface area (TPSA) is 79.8 Å². The van der Waals surface area contributed by atoms with Crippen LogP contribution in [0.15, 0.2) is 9.98 Å². The van der Waals surface area contributed by atoms with E-state index in [9.17, 15) is 4.79 Å². The van der Waals surface area contributed by atoms with Crippen molar-refractivity contribution in [3.63, 3.8) is 0 Å². The van der Waals surface area contributed by atoms with Gasteiger partial charge in [-0.15, -0.1) is 0 Å². The van der Waals surface area contributed by atoms with Crippen molar-refractivity contribution in [2.24, 2.45) is 15.7 Å². The first kappa shape index (κ1) is 12.6. The minimum absolute atomic E-state index is 0.147. The van der Waals surface area contributed by atoms with Crippen LogP contribution >= 0.6 is 0 Å². The molecule has 3 N–H and O–H groups in total. The van der Waals surface area contributed by atoms with Crippen molar-refractivity contribution in [3.05, 3.63) is 0 Å². The SMILES string of the molecule is CN=C(N)C(=NC)C(=O)NC(C)(C)C. The Morgan fingerprint density at radius 3 is 2.00 bits per heavy atom. The molecule has 0 aromatic rings. The van der Waals surface area contributed by atoms with E-state index in [2.05, 4.69) is 15.3 Å². The van der Waals surface area contributed by atoms with Gasteiger partial charge in [0.25, 0.3) is 5.91 Å². The first-order chi connectivity index (χ1) is 6.31. The molecule has 14 heavy (non-hydrogen) atoms. The van der Waals surface area contributed by atoms with Crippen molar-refractivity contribution >= 4 is 17.5 Å². The van der Waals surface area contributed by atoms with Crippen molar-refractivity contribution in [2.75, 3.05) is 14.1 Å². The first-order valence-corrected chi connectivity index (χ1v) is 4.33. The van der Waals surface area contributed by atoms with E-state index in [-0.39, 0.29) is 23.0 Å². The van der Waals surface area contributed by atoms with Gasteiger partial charge in [-0.1, -0.05) is 0 Å². The number of hydrogen-bond acceptors (Lipinski definition) is 3. The van der Waals surface area contributed by atoms with Gasteiger partial charge in [0.1, 0.15) is 5.84 Å². The summed E-state index contributed by atoms with van der Waals surface area (Å²) in [6.45, 7) is 5.66. The van der Waals surface area contributed by atoms with Gasteiger partial charge in [0.05, 0.1) is 0 Å². The summed E-state index contributed by atoms with van der Waals surface area (Å²) in [4.78, 5) is 19.1. The molecule has 0 aliphatic rings. The molecule has 0 aliphatic carbocycles. The minimum atomic E-state index is -0.305. The zero-order valence-corrected chi connectivity index (χ0v) is 9.38. The molecule has 0 atom stereocenters. The maximum atomic E-state index is 11.6. The fourth-order valence-corrected chi connectivity index (χ4v) is 0.838. The third-order valence-corrected chi connectivity index (χ3v) is 1.41. The highest BCUT2D eigenvalue weighted by atomic mass is 16.2. The van der Waals surface area contributed by atoms with Gasteiger partial charge < -0.3 is 11.1 Å². The van der Waals surface area contributed by atoms with E-state index < -0.39 is 0 Å². The molecule has 0 radical (unpaired) electrons. The lowest BCUT2D eigenvalue weighted by Gasteiger charge is -2.20. The van der Waals surface area contributed by atoms with E-state index in [4.69, 9.17) is 5.73 Å². The predicted molar refractivity (Wildman–Crippen MR) is 58.8 cm³/mol. The van der Waals surface area contributed by atoms with Gasteiger partial charge in [-0.3, -0.25) is 14.8 Å². The van der Waals surface area contributed by atoms with Crippen molar-refractivity contribution in [1.29, 1.82) is 0 Å². The molecule has 0 fully saturated rings. The van der Waals surface area contributed by atoms with Crippen LogP contribution in [0.25, 0.3) is 0 Å². The average Bonchev–Trinajstić information content (AvgIpc) is 2.01. The maximum absolute atomic E-state index is 11.6. The molecule has 5 heteroatoms. The Bertz CT molecular complexity index is 273. The first-order valence-electron chi connectivity index (χ1n) is 4.33. The van der Waals surface area contributed by atoms with Crippen molar-refractivity contribution in [3.8, 4) is 0 Å². The van der Waals surface area contributed by atoms with E-state index in [0.29, 0.717) is 0 Å². The lowest BCUT2D eigenvalue weighted by Crippen LogP contribution is -2.47. The van der Waals surface area contributed by atoms with E-state index >= 15 is 0 Å². The summed E-state index contributed by atoms with van der Waals surface area (Å²) in [6.07, 6.45) is 0. The monoisotopic (exact) mass is 198 g/mol. The van der Waals surface area contributed by atoms with Crippen LogP contribution in [0.1, 0.15) is 20.8 Å². The van der Waals surface area contributed by atoms with E-state index in [0.717, 1.165) is 0 Å². The van der Waals surface area contributed by atoms with E-state index in [1.54, 1.807) is 0 Å². The van der Waals surface area contributed by atoms with Crippen LogP contribution in [0, 0.1) is 0 Å². The maximum Gasteiger partial charge on any atom is 0.273 e. The number of nitrogens with zero attached hydrogens (tertiary/aromatic N) is 2. The Morgan fingerprint density at radius 1 is 1.21 bits per heavy atom.